The number of benzene rings is 3. The normalized spacial score (nSPS) is 14.1. The van der Waals surface area contributed by atoms with Gasteiger partial charge in [-0.15, -0.1) is 0 Å². The SMILES string of the molecule is CCCC[C@H](NC(=O)[C@H](Cc1c[nH]c2ccccc12)NC(=O)[C@@H](CCCCN)NC(=O)[C@H](CCCC)NC(=O)[C@H](Cc1ccc(OS(=O)(=O)O)cc1)NC(=O)[C@H](CCC(=O)O)NC(=O)OC(C)(C)C)C(=O)N[C@@H](CC(=O)O)C(=O)N[C@@H](Cc1ccccc1)C(N)=O. The summed E-state index contributed by atoms with van der Waals surface area (Å²) < 4.78 is 41.8. The summed E-state index contributed by atoms with van der Waals surface area (Å²) in [5.74, 6) is -10.7. The Morgan fingerprint density at radius 1 is 0.527 bits per heavy atom. The number of para-hydroxylation sites is 1. The molecule has 91 heavy (non-hydrogen) atoms. The number of H-pyrrole nitrogens is 1. The van der Waals surface area contributed by atoms with Crippen LogP contribution in [-0.2, 0) is 82.3 Å². The molecule has 1 heterocycles. The van der Waals surface area contributed by atoms with E-state index in [2.05, 4.69) is 51.7 Å². The number of nitrogens with one attached hydrogen (secondary N) is 9. The number of carboxylic acid groups (broad SMARTS) is 2. The van der Waals surface area contributed by atoms with Crippen molar-refractivity contribution in [3.8, 4) is 5.75 Å². The molecule has 0 aliphatic rings. The van der Waals surface area contributed by atoms with Crippen LogP contribution in [0.4, 0.5) is 4.79 Å². The zero-order valence-corrected chi connectivity index (χ0v) is 52.4. The van der Waals surface area contributed by atoms with Gasteiger partial charge in [0.25, 0.3) is 0 Å². The van der Waals surface area contributed by atoms with Crippen molar-refractivity contribution in [3.05, 3.63) is 102 Å². The first-order valence-corrected chi connectivity index (χ1v) is 31.3. The van der Waals surface area contributed by atoms with Gasteiger partial charge in [0.1, 0.15) is 59.7 Å². The number of hydrogen-bond acceptors (Lipinski definition) is 16. The molecule has 8 atom stereocenters. The molecule has 498 valence electrons. The molecule has 0 fully saturated rings. The molecule has 0 aliphatic carbocycles. The Bertz CT molecular complexity index is 3250. The van der Waals surface area contributed by atoms with Gasteiger partial charge in [0, 0.05) is 42.8 Å². The molecule has 29 nitrogen and oxygen atoms in total. The lowest BCUT2D eigenvalue weighted by molar-refractivity contribution is -0.141. The molecule has 16 N–H and O–H groups in total. The van der Waals surface area contributed by atoms with Gasteiger partial charge in [0.2, 0.25) is 47.3 Å². The quantitative estimate of drug-likeness (QED) is 0.0224. The molecule has 4 rings (SSSR count). The number of unbranched alkanes of at least 4 members (excludes halogenated alkanes) is 3. The largest absolute Gasteiger partial charge is 0.481 e. The van der Waals surface area contributed by atoms with E-state index in [9.17, 15) is 75.9 Å². The van der Waals surface area contributed by atoms with Gasteiger partial charge in [0.15, 0.2) is 0 Å². The molecule has 1 aromatic heterocycles. The van der Waals surface area contributed by atoms with E-state index in [0.717, 1.165) is 12.1 Å². The van der Waals surface area contributed by atoms with Gasteiger partial charge in [-0.2, -0.15) is 8.42 Å². The molecule has 0 radical (unpaired) electrons. The number of alkyl carbamates (subject to hydrolysis) is 1. The lowest BCUT2D eigenvalue weighted by Crippen LogP contribution is -2.61. The molecular formula is C61H85N11O18S. The lowest BCUT2D eigenvalue weighted by Gasteiger charge is -2.28. The van der Waals surface area contributed by atoms with Crippen LogP contribution in [0.1, 0.15) is 128 Å². The maximum atomic E-state index is 14.8. The highest BCUT2D eigenvalue weighted by molar-refractivity contribution is 7.81. The molecule has 0 aliphatic heterocycles. The van der Waals surface area contributed by atoms with Crippen molar-refractivity contribution in [2.45, 2.75) is 185 Å². The Morgan fingerprint density at radius 3 is 1.46 bits per heavy atom. The van der Waals surface area contributed by atoms with Crippen molar-refractivity contribution in [2.75, 3.05) is 6.54 Å². The summed E-state index contributed by atoms with van der Waals surface area (Å²) in [4.78, 5) is 153. The van der Waals surface area contributed by atoms with Gasteiger partial charge < -0.3 is 78.1 Å². The zero-order chi connectivity index (χ0) is 67.4. The number of carboxylic acids is 2. The Balaban J connectivity index is 1.69. The summed E-state index contributed by atoms with van der Waals surface area (Å²) in [7, 11) is -4.94. The molecule has 0 spiro atoms. The van der Waals surface area contributed by atoms with Crippen LogP contribution in [0.5, 0.6) is 5.75 Å². The van der Waals surface area contributed by atoms with Gasteiger partial charge in [-0.3, -0.25) is 52.5 Å². The lowest BCUT2D eigenvalue weighted by atomic mass is 10.0. The van der Waals surface area contributed by atoms with E-state index in [1.807, 2.05) is 13.8 Å². The van der Waals surface area contributed by atoms with Crippen molar-refractivity contribution in [1.82, 2.24) is 47.5 Å². The molecule has 4 aromatic rings. The second-order valence-corrected chi connectivity index (χ2v) is 23.8. The first kappa shape index (κ1) is 74.3. The number of primary amides is 1. The van der Waals surface area contributed by atoms with E-state index in [1.54, 1.807) is 81.6 Å². The van der Waals surface area contributed by atoms with Crippen LogP contribution in [0.15, 0.2) is 85.1 Å². The van der Waals surface area contributed by atoms with Crippen molar-refractivity contribution >= 4 is 86.6 Å². The highest BCUT2D eigenvalue weighted by atomic mass is 32.3. The van der Waals surface area contributed by atoms with E-state index in [1.165, 1.54) is 12.1 Å². The summed E-state index contributed by atoms with van der Waals surface area (Å²) in [6.07, 6.45) is 0.128. The number of fused-ring (bicyclic) bond motifs is 1. The number of rotatable bonds is 39. The zero-order valence-electron chi connectivity index (χ0n) is 51.5. The highest BCUT2D eigenvalue weighted by Gasteiger charge is 2.36. The van der Waals surface area contributed by atoms with Gasteiger partial charge in [0.05, 0.1) is 6.42 Å². The van der Waals surface area contributed by atoms with Crippen molar-refractivity contribution in [1.29, 1.82) is 0 Å². The monoisotopic (exact) mass is 1290 g/mol. The van der Waals surface area contributed by atoms with Gasteiger partial charge in [-0.05, 0) is 101 Å². The standard InChI is InChI=1S/C61H85N11O18S/c1-6-8-20-42(66-57(82)47(32-37-24-26-39(27-25-37)90-91(86,87)88)69-56(81)45(28-29-50(73)74)72-60(85)89-61(3,4)5)53(78)65-44(23-15-16-30-62)55(80)70-48(33-38-35-64-41-22-14-13-19-40(38)41)58(83)67-43(21-9-7-2)54(79)71-49(34-51(75)76)59(84)68-46(52(63)77)31-36-17-11-10-12-18-36/h10-14,17-19,22,24-27,35,42-49,64H,6-9,15-16,20-21,23,28-34,62H2,1-5H3,(H2,63,77)(H,65,78)(H,66,82)(H,67,83)(H,68,84)(H,69,81)(H,70,80)(H,71,79)(H,72,85)(H,73,74)(H,75,76)(H,86,87,88)/t42-,43-,44+,45-,46-,47-,48-,49-/m0/s1. The van der Waals surface area contributed by atoms with Crippen LogP contribution < -0.4 is 58.2 Å². The topological polar surface area (TPSA) is 465 Å². The Labute approximate surface area is 527 Å². The minimum atomic E-state index is -4.94. The minimum absolute atomic E-state index is 0.0269. The maximum Gasteiger partial charge on any atom is 0.446 e. The molecule has 0 saturated carbocycles. The maximum absolute atomic E-state index is 14.8. The summed E-state index contributed by atoms with van der Waals surface area (Å²) in [5.41, 5.74) is 12.6. The molecule has 30 heteroatoms. The smallest absolute Gasteiger partial charge is 0.446 e. The number of ether oxygens (including phenoxy) is 1. The van der Waals surface area contributed by atoms with E-state index in [-0.39, 0.29) is 62.8 Å². The van der Waals surface area contributed by atoms with Crippen molar-refractivity contribution in [3.63, 3.8) is 0 Å². The number of carbonyl (C=O) groups excluding carboxylic acids is 9. The number of aliphatic carboxylic acids is 2. The summed E-state index contributed by atoms with van der Waals surface area (Å²) >= 11 is 0. The van der Waals surface area contributed by atoms with Crippen LogP contribution >= 0.6 is 0 Å². The van der Waals surface area contributed by atoms with Gasteiger partial charge >= 0.3 is 28.4 Å². The molecular weight excluding hydrogens is 1210 g/mol. The number of carbonyl (C=O) groups is 11. The van der Waals surface area contributed by atoms with E-state index < -0.39 is 149 Å². The van der Waals surface area contributed by atoms with E-state index in [4.69, 9.17) is 16.2 Å². The predicted octanol–water partition coefficient (Wildman–Crippen LogP) is 2.00. The second-order valence-electron chi connectivity index (χ2n) is 22.7. The fourth-order valence-corrected chi connectivity index (χ4v) is 9.80. The number of amides is 9. The summed E-state index contributed by atoms with van der Waals surface area (Å²) in [6.45, 7) is 8.47. The predicted molar refractivity (Wildman–Crippen MR) is 331 cm³/mol. The number of nitrogens with two attached hydrogens (primary N) is 2. The Kier molecular flexibility index (Phi) is 29.8. The molecule has 9 amide bonds. The minimum Gasteiger partial charge on any atom is -0.481 e. The van der Waals surface area contributed by atoms with Crippen LogP contribution in [0, 0.1) is 0 Å². The average Bonchev–Trinajstić information content (AvgIpc) is 1.81. The van der Waals surface area contributed by atoms with Crippen molar-refractivity contribution in [2.24, 2.45) is 11.5 Å². The second kappa shape index (κ2) is 36.5. The first-order valence-electron chi connectivity index (χ1n) is 29.9. The average molecular weight is 1290 g/mol. The van der Waals surface area contributed by atoms with E-state index >= 15 is 0 Å². The number of hydrogen-bond donors (Lipinski definition) is 14. The fraction of sp³-hybridized carbons (Fsp3) is 0.492. The molecule has 3 aromatic carbocycles. The third kappa shape index (κ3) is 26.8. The Hall–Kier alpha value is -9.16. The Morgan fingerprint density at radius 2 is 0.967 bits per heavy atom. The van der Waals surface area contributed by atoms with Gasteiger partial charge in [-0.25, -0.2) is 4.79 Å². The summed E-state index contributed by atoms with van der Waals surface area (Å²) in [6, 6.07) is 8.50. The first-order chi connectivity index (χ1) is 43.0. The third-order valence-electron chi connectivity index (χ3n) is 14.1. The molecule has 0 unspecified atom stereocenters. The van der Waals surface area contributed by atoms with Crippen LogP contribution in [-0.4, -0.2) is 154 Å². The van der Waals surface area contributed by atoms with E-state index in [0.29, 0.717) is 54.1 Å². The fourth-order valence-electron chi connectivity index (χ4n) is 9.44. The number of aromatic amines is 1. The van der Waals surface area contributed by atoms with Crippen LogP contribution in [0.3, 0.4) is 0 Å². The van der Waals surface area contributed by atoms with Crippen LogP contribution in [0.2, 0.25) is 0 Å². The van der Waals surface area contributed by atoms with Crippen LogP contribution in [0.25, 0.3) is 10.9 Å². The number of aromatic nitrogens is 1. The highest BCUT2D eigenvalue weighted by Crippen LogP contribution is 2.21. The molecule has 0 bridgehead atoms. The third-order valence-corrected chi connectivity index (χ3v) is 14.5. The molecule has 0 saturated heterocycles. The van der Waals surface area contributed by atoms with Gasteiger partial charge in [-0.1, -0.05) is 100 Å². The van der Waals surface area contributed by atoms with Crippen molar-refractivity contribution < 1.29 is 84.8 Å². The summed E-state index contributed by atoms with van der Waals surface area (Å²) in [5, 5.41) is 40.6.